The van der Waals surface area contributed by atoms with Gasteiger partial charge in [-0.1, -0.05) is 6.07 Å². The van der Waals surface area contributed by atoms with Gasteiger partial charge in [0.2, 0.25) is 10.0 Å². The number of hydrogen-bond acceptors (Lipinski definition) is 6. The van der Waals surface area contributed by atoms with Crippen LogP contribution in [0.4, 0.5) is 14.5 Å². The molecule has 0 saturated heterocycles. The van der Waals surface area contributed by atoms with Gasteiger partial charge < -0.3 is 4.74 Å². The van der Waals surface area contributed by atoms with Crippen LogP contribution in [0.1, 0.15) is 17.2 Å². The van der Waals surface area contributed by atoms with Crippen LogP contribution in [-0.4, -0.2) is 26.4 Å². The van der Waals surface area contributed by atoms with Gasteiger partial charge in [-0.05, 0) is 31.2 Å². The molecule has 0 aliphatic rings. The predicted octanol–water partition coefficient (Wildman–Crippen LogP) is 2.37. The number of methoxy groups -OCH3 is 1. The maximum absolute atomic E-state index is 14.0. The van der Waals surface area contributed by atoms with E-state index in [2.05, 4.69) is 4.74 Å². The van der Waals surface area contributed by atoms with Crippen LogP contribution in [-0.2, 0) is 19.6 Å². The Bertz CT molecular complexity index is 1010. The van der Waals surface area contributed by atoms with Gasteiger partial charge in [-0.3, -0.25) is 10.1 Å². The summed E-state index contributed by atoms with van der Waals surface area (Å²) in [5.41, 5.74) is -0.823. The van der Waals surface area contributed by atoms with Gasteiger partial charge in [-0.25, -0.2) is 22.0 Å². The molecule has 2 aromatic rings. The molecule has 0 spiro atoms. The van der Waals surface area contributed by atoms with Crippen molar-refractivity contribution in [2.75, 3.05) is 7.11 Å². The molecule has 0 radical (unpaired) electrons. The highest BCUT2D eigenvalue weighted by atomic mass is 32.2. The fourth-order valence-electron chi connectivity index (χ4n) is 2.27. The lowest BCUT2D eigenvalue weighted by Gasteiger charge is -2.18. The standard InChI is InChI=1S/C16H14F2N2O6S/c1-9-3-5-11(8-14(9)20(22)23)27(24,25)19-15(16(21)26-2)12-7-10(17)4-6-13(12)18/h3-8,15,19H,1-2H3. The Labute approximate surface area is 153 Å². The number of ether oxygens (including phenoxy) is 1. The van der Waals surface area contributed by atoms with E-state index >= 15 is 0 Å². The molecule has 144 valence electrons. The van der Waals surface area contributed by atoms with E-state index in [1.165, 1.54) is 13.0 Å². The first kappa shape index (κ1) is 20.4. The molecule has 1 unspecified atom stereocenters. The minimum absolute atomic E-state index is 0.222. The fourth-order valence-corrected chi connectivity index (χ4v) is 3.45. The molecule has 0 fully saturated rings. The van der Waals surface area contributed by atoms with Crippen molar-refractivity contribution in [3.63, 3.8) is 0 Å². The zero-order valence-electron chi connectivity index (χ0n) is 14.1. The summed E-state index contributed by atoms with van der Waals surface area (Å²) in [6, 6.07) is 3.38. The van der Waals surface area contributed by atoms with Crippen molar-refractivity contribution in [3.05, 3.63) is 69.3 Å². The van der Waals surface area contributed by atoms with Crippen LogP contribution in [0.15, 0.2) is 41.3 Å². The molecule has 0 bridgehead atoms. The number of hydrogen-bond donors (Lipinski definition) is 1. The highest BCUT2D eigenvalue weighted by Crippen LogP contribution is 2.25. The van der Waals surface area contributed by atoms with Gasteiger partial charge in [0.25, 0.3) is 5.69 Å². The molecule has 0 aromatic heterocycles. The highest BCUT2D eigenvalue weighted by Gasteiger charge is 2.31. The van der Waals surface area contributed by atoms with Crippen LogP contribution in [0.2, 0.25) is 0 Å². The third kappa shape index (κ3) is 4.44. The van der Waals surface area contributed by atoms with Gasteiger partial charge in [0, 0.05) is 17.2 Å². The molecule has 0 aliphatic heterocycles. The van der Waals surface area contributed by atoms with Crippen LogP contribution in [0.5, 0.6) is 0 Å². The first-order valence-electron chi connectivity index (χ1n) is 7.37. The maximum Gasteiger partial charge on any atom is 0.328 e. The number of carbonyl (C=O) groups is 1. The van der Waals surface area contributed by atoms with Gasteiger partial charge in [0.1, 0.15) is 17.7 Å². The molecule has 0 amide bonds. The number of nitrogens with zero attached hydrogens (tertiary/aromatic N) is 1. The number of benzene rings is 2. The van der Waals surface area contributed by atoms with E-state index in [0.29, 0.717) is 6.07 Å². The second-order valence-electron chi connectivity index (χ2n) is 5.45. The van der Waals surface area contributed by atoms with Crippen molar-refractivity contribution < 1.29 is 31.7 Å². The van der Waals surface area contributed by atoms with E-state index < -0.39 is 54.7 Å². The SMILES string of the molecule is COC(=O)C(NS(=O)(=O)c1ccc(C)c([N+](=O)[O-])c1)c1cc(F)ccc1F. The number of esters is 1. The van der Waals surface area contributed by atoms with Gasteiger partial charge in [0.15, 0.2) is 0 Å². The third-order valence-corrected chi connectivity index (χ3v) is 5.09. The monoisotopic (exact) mass is 400 g/mol. The lowest BCUT2D eigenvalue weighted by Crippen LogP contribution is -2.35. The Morgan fingerprint density at radius 1 is 1.22 bits per heavy atom. The number of aryl methyl sites for hydroxylation is 1. The summed E-state index contributed by atoms with van der Waals surface area (Å²) >= 11 is 0. The van der Waals surface area contributed by atoms with Crippen molar-refractivity contribution in [2.24, 2.45) is 0 Å². The van der Waals surface area contributed by atoms with Gasteiger partial charge >= 0.3 is 5.97 Å². The van der Waals surface area contributed by atoms with E-state index in [1.54, 1.807) is 0 Å². The van der Waals surface area contributed by atoms with Crippen LogP contribution in [0, 0.1) is 28.7 Å². The topological polar surface area (TPSA) is 116 Å². The molecule has 2 rings (SSSR count). The fraction of sp³-hybridized carbons (Fsp3) is 0.188. The maximum atomic E-state index is 14.0. The summed E-state index contributed by atoms with van der Waals surface area (Å²) in [6.45, 7) is 1.42. The van der Waals surface area contributed by atoms with E-state index in [0.717, 1.165) is 31.4 Å². The number of nitrogens with one attached hydrogen (secondary N) is 1. The van der Waals surface area contributed by atoms with Crippen LogP contribution < -0.4 is 4.72 Å². The normalized spacial score (nSPS) is 12.4. The summed E-state index contributed by atoms with van der Waals surface area (Å²) in [5, 5.41) is 11.0. The van der Waals surface area contributed by atoms with E-state index in [4.69, 9.17) is 0 Å². The number of halogens is 2. The second-order valence-corrected chi connectivity index (χ2v) is 7.16. The van der Waals surface area contributed by atoms with E-state index in [-0.39, 0.29) is 5.56 Å². The largest absolute Gasteiger partial charge is 0.468 e. The van der Waals surface area contributed by atoms with Crippen LogP contribution >= 0.6 is 0 Å². The molecule has 1 N–H and O–H groups in total. The lowest BCUT2D eigenvalue weighted by molar-refractivity contribution is -0.385. The van der Waals surface area contributed by atoms with E-state index in [1.807, 2.05) is 4.72 Å². The van der Waals surface area contributed by atoms with Gasteiger partial charge in [0.05, 0.1) is 16.9 Å². The quantitative estimate of drug-likeness (QED) is 0.452. The number of nitro benzene ring substituents is 1. The first-order valence-corrected chi connectivity index (χ1v) is 8.85. The molecule has 0 aliphatic carbocycles. The van der Waals surface area contributed by atoms with Gasteiger partial charge in [-0.2, -0.15) is 4.72 Å². The smallest absolute Gasteiger partial charge is 0.328 e. The third-order valence-electron chi connectivity index (χ3n) is 3.67. The summed E-state index contributed by atoms with van der Waals surface area (Å²) in [4.78, 5) is 21.7. The predicted molar refractivity (Wildman–Crippen MR) is 89.3 cm³/mol. The molecule has 11 heteroatoms. The molecular formula is C16H14F2N2O6S. The Kier molecular flexibility index (Phi) is 5.86. The van der Waals surface area contributed by atoms with Crippen LogP contribution in [0.3, 0.4) is 0 Å². The van der Waals surface area contributed by atoms with Crippen molar-refractivity contribution in [2.45, 2.75) is 17.9 Å². The number of carbonyl (C=O) groups excluding carboxylic acids is 1. The Morgan fingerprint density at radius 2 is 1.89 bits per heavy atom. The zero-order chi connectivity index (χ0) is 20.4. The Hall–Kier alpha value is -2.92. The number of nitro groups is 1. The summed E-state index contributed by atoms with van der Waals surface area (Å²) in [7, 11) is -3.57. The molecule has 8 nitrogen and oxygen atoms in total. The van der Waals surface area contributed by atoms with E-state index in [9.17, 15) is 32.1 Å². The minimum atomic E-state index is -4.51. The average Bonchev–Trinajstić information content (AvgIpc) is 2.61. The molecular weight excluding hydrogens is 386 g/mol. The summed E-state index contributed by atoms with van der Waals surface area (Å²) in [5.74, 6) is -3.13. The highest BCUT2D eigenvalue weighted by molar-refractivity contribution is 7.89. The zero-order valence-corrected chi connectivity index (χ0v) is 14.9. The second kappa shape index (κ2) is 7.76. The molecule has 2 aromatic carbocycles. The number of sulfonamides is 1. The minimum Gasteiger partial charge on any atom is -0.468 e. The summed E-state index contributed by atoms with van der Waals surface area (Å²) in [6.07, 6.45) is 0. The molecule has 27 heavy (non-hydrogen) atoms. The molecule has 0 saturated carbocycles. The first-order chi connectivity index (χ1) is 12.6. The number of rotatable bonds is 6. The lowest BCUT2D eigenvalue weighted by atomic mass is 10.1. The van der Waals surface area contributed by atoms with Crippen molar-refractivity contribution >= 4 is 21.7 Å². The Morgan fingerprint density at radius 3 is 2.48 bits per heavy atom. The van der Waals surface area contributed by atoms with Crippen molar-refractivity contribution in [1.29, 1.82) is 0 Å². The molecule has 0 heterocycles. The Balaban J connectivity index is 2.51. The molecule has 1 atom stereocenters. The van der Waals surface area contributed by atoms with Crippen molar-refractivity contribution in [3.8, 4) is 0 Å². The summed E-state index contributed by atoms with van der Waals surface area (Å²) < 4.78 is 58.9. The van der Waals surface area contributed by atoms with Crippen LogP contribution in [0.25, 0.3) is 0 Å². The van der Waals surface area contributed by atoms with Gasteiger partial charge in [-0.15, -0.1) is 0 Å². The van der Waals surface area contributed by atoms with Crippen molar-refractivity contribution in [1.82, 2.24) is 4.72 Å². The average molecular weight is 400 g/mol.